The second-order valence-electron chi connectivity index (χ2n) is 4.15. The molecule has 2 rings (SSSR count). The molecule has 0 aromatic heterocycles. The molecule has 0 saturated carbocycles. The van der Waals surface area contributed by atoms with E-state index in [1.807, 2.05) is 0 Å². The minimum Gasteiger partial charge on any atom is -0.396 e. The van der Waals surface area contributed by atoms with Crippen LogP contribution in [0.3, 0.4) is 0 Å². The predicted octanol–water partition coefficient (Wildman–Crippen LogP) is 3.34. The van der Waals surface area contributed by atoms with Crippen molar-refractivity contribution in [2.24, 2.45) is 0 Å². The van der Waals surface area contributed by atoms with Crippen molar-refractivity contribution in [3.05, 3.63) is 59.4 Å². The van der Waals surface area contributed by atoms with Crippen LogP contribution < -0.4 is 11.1 Å². The Hall–Kier alpha value is -2.17. The molecule has 19 heavy (non-hydrogen) atoms. The van der Waals surface area contributed by atoms with Crippen LogP contribution in [0.25, 0.3) is 0 Å². The van der Waals surface area contributed by atoms with Gasteiger partial charge in [0, 0.05) is 12.2 Å². The third-order valence-corrected chi connectivity index (χ3v) is 2.73. The number of nitrogens with two attached hydrogens (primary N) is 1. The zero-order valence-electron chi connectivity index (χ0n) is 10.1. The van der Waals surface area contributed by atoms with Crippen LogP contribution in [0.2, 0.25) is 0 Å². The number of hydrogen-bond acceptors (Lipinski definition) is 2. The van der Waals surface area contributed by atoms with Gasteiger partial charge in [-0.3, -0.25) is 0 Å². The van der Waals surface area contributed by atoms with Crippen LogP contribution in [0.5, 0.6) is 0 Å². The van der Waals surface area contributed by atoms with E-state index in [4.69, 9.17) is 5.73 Å². The molecule has 3 N–H and O–H groups in total. The van der Waals surface area contributed by atoms with E-state index in [-0.39, 0.29) is 11.3 Å². The van der Waals surface area contributed by atoms with Crippen LogP contribution in [0.4, 0.5) is 24.5 Å². The lowest BCUT2D eigenvalue weighted by Crippen LogP contribution is -2.07. The summed E-state index contributed by atoms with van der Waals surface area (Å²) in [6.07, 6.45) is 0.301. The number of hydrogen-bond donors (Lipinski definition) is 2. The van der Waals surface area contributed by atoms with Gasteiger partial charge in [-0.05, 0) is 48.4 Å². The Morgan fingerprint density at radius 2 is 1.74 bits per heavy atom. The highest BCUT2D eigenvalue weighted by molar-refractivity contribution is 5.52. The second kappa shape index (κ2) is 5.65. The summed E-state index contributed by atoms with van der Waals surface area (Å²) < 4.78 is 39.5. The SMILES string of the molecule is Nc1ccc(NCCc2cc(F)ccc2F)cc1F. The fourth-order valence-electron chi connectivity index (χ4n) is 1.71. The lowest BCUT2D eigenvalue weighted by molar-refractivity contribution is 0.586. The molecule has 0 amide bonds. The molecule has 0 radical (unpaired) electrons. The van der Waals surface area contributed by atoms with Crippen molar-refractivity contribution in [1.82, 2.24) is 0 Å². The molecule has 2 aromatic carbocycles. The Kier molecular flexibility index (Phi) is 3.94. The Morgan fingerprint density at radius 3 is 2.47 bits per heavy atom. The van der Waals surface area contributed by atoms with Crippen molar-refractivity contribution in [1.29, 1.82) is 0 Å². The van der Waals surface area contributed by atoms with E-state index in [2.05, 4.69) is 5.32 Å². The molecule has 0 spiro atoms. The lowest BCUT2D eigenvalue weighted by Gasteiger charge is -2.08. The molecule has 2 nitrogen and oxygen atoms in total. The van der Waals surface area contributed by atoms with Crippen LogP contribution in [-0.4, -0.2) is 6.54 Å². The first-order valence-corrected chi connectivity index (χ1v) is 5.79. The van der Waals surface area contributed by atoms with Gasteiger partial charge in [0.1, 0.15) is 17.5 Å². The summed E-state index contributed by atoms with van der Waals surface area (Å²) >= 11 is 0. The van der Waals surface area contributed by atoms with Gasteiger partial charge in [-0.25, -0.2) is 13.2 Å². The smallest absolute Gasteiger partial charge is 0.148 e. The van der Waals surface area contributed by atoms with Crippen LogP contribution >= 0.6 is 0 Å². The van der Waals surface area contributed by atoms with Crippen molar-refractivity contribution in [3.8, 4) is 0 Å². The molecule has 0 saturated heterocycles. The van der Waals surface area contributed by atoms with E-state index < -0.39 is 17.5 Å². The number of nitrogen functional groups attached to an aromatic ring is 1. The van der Waals surface area contributed by atoms with Crippen LogP contribution in [0.15, 0.2) is 36.4 Å². The quantitative estimate of drug-likeness (QED) is 0.833. The highest BCUT2D eigenvalue weighted by Gasteiger charge is 2.04. The first kappa shape index (κ1) is 13.3. The van der Waals surface area contributed by atoms with Gasteiger partial charge in [0.15, 0.2) is 0 Å². The molecule has 0 aliphatic carbocycles. The number of benzene rings is 2. The van der Waals surface area contributed by atoms with Crippen LogP contribution in [-0.2, 0) is 6.42 Å². The third kappa shape index (κ3) is 3.40. The zero-order chi connectivity index (χ0) is 13.8. The monoisotopic (exact) mass is 266 g/mol. The fraction of sp³-hybridized carbons (Fsp3) is 0.143. The third-order valence-electron chi connectivity index (χ3n) is 2.73. The van der Waals surface area contributed by atoms with Crippen molar-refractivity contribution in [2.75, 3.05) is 17.6 Å². The van der Waals surface area contributed by atoms with Gasteiger partial charge in [-0.1, -0.05) is 0 Å². The lowest BCUT2D eigenvalue weighted by atomic mass is 10.1. The summed E-state index contributed by atoms with van der Waals surface area (Å²) in [6, 6.07) is 7.65. The highest BCUT2D eigenvalue weighted by Crippen LogP contribution is 2.16. The van der Waals surface area contributed by atoms with Crippen molar-refractivity contribution in [3.63, 3.8) is 0 Å². The van der Waals surface area contributed by atoms with Crippen LogP contribution in [0, 0.1) is 17.5 Å². The summed E-state index contributed by atoms with van der Waals surface area (Å²) in [6.45, 7) is 0.365. The molecule has 0 atom stereocenters. The summed E-state index contributed by atoms with van der Waals surface area (Å²) in [7, 11) is 0. The molecular weight excluding hydrogens is 253 g/mol. The molecule has 0 bridgehead atoms. The van der Waals surface area contributed by atoms with E-state index in [0.29, 0.717) is 18.7 Å². The zero-order valence-corrected chi connectivity index (χ0v) is 10.1. The molecule has 0 aliphatic rings. The molecular formula is C14H13F3N2. The summed E-state index contributed by atoms with van der Waals surface area (Å²) in [5.74, 6) is -1.44. The van der Waals surface area contributed by atoms with Crippen molar-refractivity contribution >= 4 is 11.4 Å². The summed E-state index contributed by atoms with van der Waals surface area (Å²) in [5, 5.41) is 2.92. The molecule has 2 aromatic rings. The minimum absolute atomic E-state index is 0.0710. The Balaban J connectivity index is 1.96. The average Bonchev–Trinajstić information content (AvgIpc) is 2.38. The number of halogens is 3. The Bertz CT molecular complexity index is 585. The van der Waals surface area contributed by atoms with Gasteiger partial charge in [-0.2, -0.15) is 0 Å². The largest absolute Gasteiger partial charge is 0.396 e. The average molecular weight is 266 g/mol. The number of nitrogens with one attached hydrogen (secondary N) is 1. The highest BCUT2D eigenvalue weighted by atomic mass is 19.1. The van der Waals surface area contributed by atoms with Gasteiger partial charge >= 0.3 is 0 Å². The minimum atomic E-state index is -0.512. The first-order valence-electron chi connectivity index (χ1n) is 5.79. The Labute approximate surface area is 109 Å². The Morgan fingerprint density at radius 1 is 0.947 bits per heavy atom. The van der Waals surface area contributed by atoms with Gasteiger partial charge in [0.25, 0.3) is 0 Å². The molecule has 0 fully saturated rings. The van der Waals surface area contributed by atoms with Crippen molar-refractivity contribution in [2.45, 2.75) is 6.42 Å². The molecule has 0 aliphatic heterocycles. The van der Waals surface area contributed by atoms with E-state index in [1.165, 1.54) is 12.1 Å². The van der Waals surface area contributed by atoms with Gasteiger partial charge in [0.2, 0.25) is 0 Å². The molecule has 100 valence electrons. The van der Waals surface area contributed by atoms with Crippen molar-refractivity contribution < 1.29 is 13.2 Å². The van der Waals surface area contributed by atoms with E-state index in [1.54, 1.807) is 6.07 Å². The maximum absolute atomic E-state index is 13.3. The predicted molar refractivity (Wildman–Crippen MR) is 69.4 cm³/mol. The van der Waals surface area contributed by atoms with Gasteiger partial charge < -0.3 is 11.1 Å². The summed E-state index contributed by atoms with van der Waals surface area (Å²) in [5.41, 5.74) is 6.25. The number of rotatable bonds is 4. The second-order valence-corrected chi connectivity index (χ2v) is 4.15. The van der Waals surface area contributed by atoms with E-state index >= 15 is 0 Å². The maximum Gasteiger partial charge on any atom is 0.148 e. The van der Waals surface area contributed by atoms with Gasteiger partial charge in [0.05, 0.1) is 5.69 Å². The maximum atomic E-state index is 13.3. The van der Waals surface area contributed by atoms with E-state index in [9.17, 15) is 13.2 Å². The van der Waals surface area contributed by atoms with Crippen LogP contribution in [0.1, 0.15) is 5.56 Å². The molecule has 5 heteroatoms. The van der Waals surface area contributed by atoms with E-state index in [0.717, 1.165) is 18.2 Å². The fourth-order valence-corrected chi connectivity index (χ4v) is 1.71. The first-order chi connectivity index (χ1) is 9.06. The normalized spacial score (nSPS) is 10.5. The van der Waals surface area contributed by atoms with Gasteiger partial charge in [-0.15, -0.1) is 0 Å². The standard InChI is InChI=1S/C14H13F3N2/c15-10-1-3-12(16)9(7-10)5-6-19-11-2-4-14(18)13(17)8-11/h1-4,7-8,19H,5-6,18H2. The summed E-state index contributed by atoms with van der Waals surface area (Å²) in [4.78, 5) is 0. The topological polar surface area (TPSA) is 38.0 Å². The molecule has 0 unspecified atom stereocenters. The molecule has 0 heterocycles. The number of anilines is 2.